The zero-order valence-corrected chi connectivity index (χ0v) is 19.3. The molecule has 2 aromatic heterocycles. The van der Waals surface area contributed by atoms with Crippen molar-refractivity contribution in [1.29, 1.82) is 0 Å². The van der Waals surface area contributed by atoms with E-state index in [2.05, 4.69) is 20.6 Å². The van der Waals surface area contributed by atoms with Crippen LogP contribution in [0.2, 0.25) is 0 Å². The summed E-state index contributed by atoms with van der Waals surface area (Å²) in [6.45, 7) is 3.42. The Labute approximate surface area is 193 Å². The molecule has 0 bridgehead atoms. The predicted octanol–water partition coefficient (Wildman–Crippen LogP) is 2.97. The lowest BCUT2D eigenvalue weighted by Gasteiger charge is -2.21. The fourth-order valence-corrected chi connectivity index (χ4v) is 4.22. The highest BCUT2D eigenvalue weighted by Crippen LogP contribution is 2.34. The third-order valence-electron chi connectivity index (χ3n) is 4.85. The number of sulfonamides is 1. The van der Waals surface area contributed by atoms with E-state index >= 15 is 0 Å². The van der Waals surface area contributed by atoms with Gasteiger partial charge in [-0.05, 0) is 44.2 Å². The summed E-state index contributed by atoms with van der Waals surface area (Å²) in [7, 11) is -1.00. The Morgan fingerprint density at radius 1 is 1.12 bits per heavy atom. The van der Waals surface area contributed by atoms with Crippen LogP contribution in [0, 0.1) is 0 Å². The summed E-state index contributed by atoms with van der Waals surface area (Å²) in [6, 6.07) is 7.31. The van der Waals surface area contributed by atoms with E-state index in [-0.39, 0.29) is 28.3 Å². The van der Waals surface area contributed by atoms with Gasteiger partial charge in [0.05, 0.1) is 23.8 Å². The monoisotopic (exact) mass is 498 g/mol. The van der Waals surface area contributed by atoms with Crippen LogP contribution in [0.3, 0.4) is 0 Å². The average Bonchev–Trinajstić information content (AvgIpc) is 3.25. The number of benzene rings is 1. The van der Waals surface area contributed by atoms with Gasteiger partial charge in [-0.2, -0.15) is 22.6 Å². The van der Waals surface area contributed by atoms with Crippen molar-refractivity contribution in [2.24, 2.45) is 0 Å². The molecule has 1 N–H and O–H groups in total. The number of carbonyl (C=O) groups is 1. The zero-order chi connectivity index (χ0) is 25.3. The van der Waals surface area contributed by atoms with Gasteiger partial charge >= 0.3 is 6.18 Å². The molecule has 0 radical (unpaired) electrons. The van der Waals surface area contributed by atoms with Crippen LogP contribution in [0.5, 0.6) is 5.88 Å². The van der Waals surface area contributed by atoms with Crippen molar-refractivity contribution in [3.63, 3.8) is 0 Å². The smallest absolute Gasteiger partial charge is 0.434 e. The highest BCUT2D eigenvalue weighted by molar-refractivity contribution is 7.89. The number of carbonyl (C=O) groups excluding carboxylic acids is 1. The summed E-state index contributed by atoms with van der Waals surface area (Å²) in [5.74, 6) is -1.27. The molecule has 1 aromatic carbocycles. The van der Waals surface area contributed by atoms with Crippen LogP contribution >= 0.6 is 0 Å². The molecule has 0 aliphatic rings. The molecule has 0 fully saturated rings. The first kappa shape index (κ1) is 25.1. The van der Waals surface area contributed by atoms with E-state index in [9.17, 15) is 26.4 Å². The number of aromatic nitrogens is 4. The molecule has 2 heterocycles. The number of amides is 1. The molecule has 0 atom stereocenters. The number of hydrogen-bond acceptors (Lipinski definition) is 7. The minimum atomic E-state index is -4.94. The zero-order valence-electron chi connectivity index (χ0n) is 18.5. The molecule has 0 saturated carbocycles. The largest absolute Gasteiger partial charge is 0.480 e. The second-order valence-corrected chi connectivity index (χ2v) is 9.34. The molecule has 14 heteroatoms. The summed E-state index contributed by atoms with van der Waals surface area (Å²) < 4.78 is 73.0. The molecular weight excluding hydrogens is 477 g/mol. The summed E-state index contributed by atoms with van der Waals surface area (Å²) in [4.78, 5) is 12.6. The average molecular weight is 498 g/mol. The molecule has 1 amide bonds. The number of methoxy groups -OCH3 is 1. The van der Waals surface area contributed by atoms with Gasteiger partial charge in [-0.3, -0.25) is 4.79 Å². The van der Waals surface area contributed by atoms with E-state index in [0.29, 0.717) is 4.68 Å². The quantitative estimate of drug-likeness (QED) is 0.532. The van der Waals surface area contributed by atoms with Gasteiger partial charge < -0.3 is 10.1 Å². The highest BCUT2D eigenvalue weighted by Gasteiger charge is 2.41. The van der Waals surface area contributed by atoms with Crippen molar-refractivity contribution < 1.29 is 31.1 Å². The number of rotatable bonds is 7. The van der Waals surface area contributed by atoms with Crippen molar-refractivity contribution in [1.82, 2.24) is 24.3 Å². The van der Waals surface area contributed by atoms with Crippen LogP contribution in [0.25, 0.3) is 5.82 Å². The van der Waals surface area contributed by atoms with Gasteiger partial charge in [-0.15, -0.1) is 10.2 Å². The van der Waals surface area contributed by atoms with Crippen LogP contribution in [0.1, 0.15) is 29.9 Å². The third kappa shape index (κ3) is 5.02. The van der Waals surface area contributed by atoms with Crippen LogP contribution in [0.4, 0.5) is 18.9 Å². The lowest BCUT2D eigenvalue weighted by atomic mass is 10.2. The first-order chi connectivity index (χ1) is 15.9. The Morgan fingerprint density at radius 2 is 1.76 bits per heavy atom. The van der Waals surface area contributed by atoms with Gasteiger partial charge in [0.25, 0.3) is 5.91 Å². The SMILES string of the molecule is COc1ccc(-n2ncc(C(=O)Nc3ccc(S(=O)(=O)N(C)C(C)C)cc3)c2C(F)(F)F)nn1. The van der Waals surface area contributed by atoms with E-state index in [1.165, 1.54) is 54.9 Å². The summed E-state index contributed by atoms with van der Waals surface area (Å²) in [5, 5.41) is 13.2. The summed E-state index contributed by atoms with van der Waals surface area (Å²) >= 11 is 0. The van der Waals surface area contributed by atoms with Gasteiger partial charge in [-0.1, -0.05) is 0 Å². The highest BCUT2D eigenvalue weighted by atomic mass is 32.2. The first-order valence-electron chi connectivity index (χ1n) is 9.79. The van der Waals surface area contributed by atoms with E-state index in [1.807, 2.05) is 0 Å². The van der Waals surface area contributed by atoms with Crippen LogP contribution in [-0.2, 0) is 16.2 Å². The molecule has 0 aliphatic heterocycles. The molecule has 10 nitrogen and oxygen atoms in total. The number of anilines is 1. The molecule has 182 valence electrons. The van der Waals surface area contributed by atoms with Gasteiger partial charge in [0.15, 0.2) is 11.5 Å². The Bertz CT molecular complexity index is 1270. The number of nitrogens with one attached hydrogen (secondary N) is 1. The van der Waals surface area contributed by atoms with Crippen molar-refractivity contribution in [3.8, 4) is 11.7 Å². The molecule has 0 aliphatic carbocycles. The standard InChI is InChI=1S/C20H21F3N6O4S/c1-12(2)28(3)34(31,32)14-7-5-13(6-8-14)25-19(30)15-11-24-29(18(15)20(21,22)23)16-9-10-17(33-4)27-26-16/h5-12H,1-4H3,(H,25,30). The molecule has 0 unspecified atom stereocenters. The molecule has 3 aromatic rings. The van der Waals surface area contributed by atoms with E-state index < -0.39 is 33.4 Å². The Kier molecular flexibility index (Phi) is 6.93. The first-order valence-corrected chi connectivity index (χ1v) is 11.2. The molecule has 0 spiro atoms. The lowest BCUT2D eigenvalue weighted by molar-refractivity contribution is -0.143. The van der Waals surface area contributed by atoms with Crippen molar-refractivity contribution in [2.75, 3.05) is 19.5 Å². The van der Waals surface area contributed by atoms with Crippen LogP contribution in [0.15, 0.2) is 47.5 Å². The predicted molar refractivity (Wildman–Crippen MR) is 115 cm³/mol. The van der Waals surface area contributed by atoms with Crippen LogP contribution in [-0.4, -0.2) is 58.8 Å². The van der Waals surface area contributed by atoms with Crippen molar-refractivity contribution in [3.05, 3.63) is 53.9 Å². The number of halogens is 3. The molecule has 34 heavy (non-hydrogen) atoms. The van der Waals surface area contributed by atoms with Gasteiger partial charge in [0, 0.05) is 24.8 Å². The minimum Gasteiger partial charge on any atom is -0.480 e. The minimum absolute atomic E-state index is 0.0245. The van der Waals surface area contributed by atoms with E-state index in [4.69, 9.17) is 4.74 Å². The second kappa shape index (κ2) is 9.38. The fraction of sp³-hybridized carbons (Fsp3) is 0.300. The topological polar surface area (TPSA) is 119 Å². The van der Waals surface area contributed by atoms with E-state index in [1.54, 1.807) is 13.8 Å². The summed E-state index contributed by atoms with van der Waals surface area (Å²) in [6.07, 6.45) is -4.18. The Hall–Kier alpha value is -3.52. The van der Waals surface area contributed by atoms with Crippen molar-refractivity contribution in [2.45, 2.75) is 31.0 Å². The number of ether oxygens (including phenoxy) is 1. The molecular formula is C20H21F3N6O4S. The lowest BCUT2D eigenvalue weighted by Crippen LogP contribution is -2.33. The van der Waals surface area contributed by atoms with Gasteiger partial charge in [-0.25, -0.2) is 13.1 Å². The Morgan fingerprint density at radius 3 is 2.26 bits per heavy atom. The second-order valence-electron chi connectivity index (χ2n) is 7.34. The third-order valence-corrected chi connectivity index (χ3v) is 6.90. The molecule has 0 saturated heterocycles. The fourth-order valence-electron chi connectivity index (χ4n) is 2.85. The number of hydrogen-bond donors (Lipinski definition) is 1. The maximum Gasteiger partial charge on any atom is 0.434 e. The number of nitrogens with zero attached hydrogens (tertiary/aromatic N) is 5. The van der Waals surface area contributed by atoms with Gasteiger partial charge in [0.2, 0.25) is 15.9 Å². The van der Waals surface area contributed by atoms with Crippen LogP contribution < -0.4 is 10.1 Å². The van der Waals surface area contributed by atoms with Gasteiger partial charge in [0.1, 0.15) is 0 Å². The molecule has 3 rings (SSSR count). The van der Waals surface area contributed by atoms with Crippen molar-refractivity contribution >= 4 is 21.6 Å². The Balaban J connectivity index is 1.90. The maximum absolute atomic E-state index is 13.8. The number of alkyl halides is 3. The maximum atomic E-state index is 13.8. The summed E-state index contributed by atoms with van der Waals surface area (Å²) in [5.41, 5.74) is -2.00. The van der Waals surface area contributed by atoms with E-state index in [0.717, 1.165) is 6.20 Å². The normalized spacial score (nSPS) is 12.3.